The van der Waals surface area contributed by atoms with Crippen molar-refractivity contribution in [2.75, 3.05) is 37.0 Å². The van der Waals surface area contributed by atoms with Crippen molar-refractivity contribution in [3.63, 3.8) is 0 Å². The van der Waals surface area contributed by atoms with Crippen LogP contribution in [0.25, 0.3) is 0 Å². The molecule has 1 saturated carbocycles. The maximum Gasteiger partial charge on any atom is 0.273 e. The van der Waals surface area contributed by atoms with Crippen molar-refractivity contribution in [3.8, 4) is 11.5 Å². The maximum atomic E-state index is 14.5. The van der Waals surface area contributed by atoms with Crippen molar-refractivity contribution in [1.29, 1.82) is 0 Å². The SMILES string of the molecule is Nc1c(C(=O)NC2CCCCC2)nsc1C(=O)N(c1ccc2c(c1)OCCO2)[C@H](C(=O)NC[C@H]1CCCO1)c1ccncc1. The molecule has 0 unspecified atom stereocenters. The summed E-state index contributed by atoms with van der Waals surface area (Å²) in [5, 5.41) is 6.00. The molecule has 4 N–H and O–H groups in total. The predicted octanol–water partition coefficient (Wildman–Crippen LogP) is 3.64. The maximum absolute atomic E-state index is 14.5. The molecule has 2 fully saturated rings. The van der Waals surface area contributed by atoms with E-state index in [9.17, 15) is 14.4 Å². The molecule has 3 aliphatic rings. The van der Waals surface area contributed by atoms with Crippen LogP contribution in [-0.2, 0) is 9.53 Å². The normalized spacial score (nSPS) is 18.8. The lowest BCUT2D eigenvalue weighted by Gasteiger charge is -2.32. The van der Waals surface area contributed by atoms with Crippen molar-refractivity contribution in [2.45, 2.75) is 63.1 Å². The van der Waals surface area contributed by atoms with E-state index in [4.69, 9.17) is 19.9 Å². The molecule has 4 heterocycles. The average molecular weight is 621 g/mol. The number of rotatable bonds is 9. The molecule has 2 aromatic heterocycles. The monoisotopic (exact) mass is 620 g/mol. The molecular weight excluding hydrogens is 584 g/mol. The molecule has 1 saturated heterocycles. The van der Waals surface area contributed by atoms with E-state index < -0.39 is 23.8 Å². The summed E-state index contributed by atoms with van der Waals surface area (Å²) in [6, 6.07) is 7.38. The number of nitrogens with two attached hydrogens (primary N) is 1. The lowest BCUT2D eigenvalue weighted by atomic mass is 9.95. The van der Waals surface area contributed by atoms with E-state index in [2.05, 4.69) is 20.0 Å². The largest absolute Gasteiger partial charge is 0.486 e. The highest BCUT2D eigenvalue weighted by Crippen LogP contribution is 2.39. The third-order valence-electron chi connectivity index (χ3n) is 8.16. The number of aromatic nitrogens is 2. The number of nitrogens with zero attached hydrogens (tertiary/aromatic N) is 3. The minimum Gasteiger partial charge on any atom is -0.486 e. The van der Waals surface area contributed by atoms with E-state index in [1.165, 1.54) is 4.90 Å². The zero-order valence-electron chi connectivity index (χ0n) is 24.3. The zero-order chi connectivity index (χ0) is 30.5. The summed E-state index contributed by atoms with van der Waals surface area (Å²) in [6.45, 7) is 1.71. The number of ether oxygens (including phenoxy) is 3. The van der Waals surface area contributed by atoms with Crippen molar-refractivity contribution < 1.29 is 28.6 Å². The Balaban J connectivity index is 1.37. The second-order valence-electron chi connectivity index (χ2n) is 11.1. The van der Waals surface area contributed by atoms with Crippen LogP contribution in [-0.4, -0.2) is 65.6 Å². The molecule has 1 aliphatic carbocycles. The topological polar surface area (TPSA) is 158 Å². The average Bonchev–Trinajstić information content (AvgIpc) is 3.72. The highest BCUT2D eigenvalue weighted by atomic mass is 32.1. The summed E-state index contributed by atoms with van der Waals surface area (Å²) in [4.78, 5) is 47.2. The van der Waals surface area contributed by atoms with E-state index in [-0.39, 0.29) is 28.4 Å². The van der Waals surface area contributed by atoms with E-state index in [0.717, 1.165) is 56.5 Å². The summed E-state index contributed by atoms with van der Waals surface area (Å²) in [5.41, 5.74) is 7.36. The molecular formula is C31H36N6O6S. The number of hydrogen-bond acceptors (Lipinski definition) is 10. The van der Waals surface area contributed by atoms with Gasteiger partial charge in [-0.3, -0.25) is 24.3 Å². The lowest BCUT2D eigenvalue weighted by molar-refractivity contribution is -0.123. The van der Waals surface area contributed by atoms with Gasteiger partial charge in [0.05, 0.1) is 11.8 Å². The Labute approximate surface area is 259 Å². The summed E-state index contributed by atoms with van der Waals surface area (Å²) in [5.74, 6) is -0.411. The fourth-order valence-electron chi connectivity index (χ4n) is 5.87. The van der Waals surface area contributed by atoms with Gasteiger partial charge < -0.3 is 30.6 Å². The molecule has 12 nitrogen and oxygen atoms in total. The van der Waals surface area contributed by atoms with Gasteiger partial charge >= 0.3 is 0 Å². The van der Waals surface area contributed by atoms with Gasteiger partial charge in [-0.05, 0) is 67.0 Å². The number of carbonyl (C=O) groups excluding carboxylic acids is 3. The van der Waals surface area contributed by atoms with Gasteiger partial charge in [0.15, 0.2) is 17.2 Å². The molecule has 2 aliphatic heterocycles. The summed E-state index contributed by atoms with van der Waals surface area (Å²) >= 11 is 0.837. The fourth-order valence-corrected chi connectivity index (χ4v) is 6.61. The van der Waals surface area contributed by atoms with Gasteiger partial charge in [0.2, 0.25) is 5.91 Å². The highest BCUT2D eigenvalue weighted by molar-refractivity contribution is 7.09. The molecule has 0 bridgehead atoms. The van der Waals surface area contributed by atoms with Gasteiger partial charge in [-0.1, -0.05) is 19.3 Å². The Bertz CT molecular complexity index is 1490. The number of hydrogen-bond donors (Lipinski definition) is 3. The molecule has 3 aromatic rings. The van der Waals surface area contributed by atoms with Crippen LogP contribution in [0.2, 0.25) is 0 Å². The molecule has 2 atom stereocenters. The second-order valence-corrected chi connectivity index (χ2v) is 11.9. The van der Waals surface area contributed by atoms with Gasteiger partial charge in [-0.25, -0.2) is 0 Å². The Morgan fingerprint density at radius 3 is 2.50 bits per heavy atom. The first-order valence-corrected chi connectivity index (χ1v) is 15.9. The third-order valence-corrected chi connectivity index (χ3v) is 9.01. The molecule has 0 spiro atoms. The fraction of sp³-hybridized carbons (Fsp3) is 0.452. The van der Waals surface area contributed by atoms with Crippen molar-refractivity contribution >= 4 is 40.6 Å². The van der Waals surface area contributed by atoms with Crippen LogP contribution < -0.4 is 30.7 Å². The molecule has 44 heavy (non-hydrogen) atoms. The zero-order valence-corrected chi connectivity index (χ0v) is 25.1. The van der Waals surface area contributed by atoms with Crippen LogP contribution in [0.3, 0.4) is 0 Å². The summed E-state index contributed by atoms with van der Waals surface area (Å²) < 4.78 is 21.5. The van der Waals surface area contributed by atoms with Gasteiger partial charge in [-0.2, -0.15) is 4.37 Å². The number of anilines is 2. The minimum atomic E-state index is -1.12. The summed E-state index contributed by atoms with van der Waals surface area (Å²) in [7, 11) is 0. The van der Waals surface area contributed by atoms with Crippen LogP contribution in [0.15, 0.2) is 42.7 Å². The predicted molar refractivity (Wildman–Crippen MR) is 164 cm³/mol. The van der Waals surface area contributed by atoms with E-state index in [1.807, 2.05) is 0 Å². The Morgan fingerprint density at radius 1 is 0.977 bits per heavy atom. The van der Waals surface area contributed by atoms with Crippen LogP contribution >= 0.6 is 11.5 Å². The minimum absolute atomic E-state index is 0.00865. The molecule has 13 heteroatoms. The molecule has 232 valence electrons. The smallest absolute Gasteiger partial charge is 0.273 e. The lowest BCUT2D eigenvalue weighted by Crippen LogP contribution is -2.45. The molecule has 3 amide bonds. The standard InChI is InChI=1S/C31H36N6O6S/c32-25-26(29(38)35-20-5-2-1-3-6-20)36-44-28(25)31(40)37(21-8-9-23-24(17-21)43-16-15-42-23)27(19-10-12-33-13-11-19)30(39)34-18-22-7-4-14-41-22/h8-13,17,20,22,27H,1-7,14-16,18,32H2,(H,34,39)(H,35,38)/t22-,27+/m1/s1. The van der Waals surface area contributed by atoms with Gasteiger partial charge in [0.1, 0.15) is 24.1 Å². The number of benzene rings is 1. The van der Waals surface area contributed by atoms with Crippen LogP contribution in [0, 0.1) is 0 Å². The van der Waals surface area contributed by atoms with Crippen molar-refractivity contribution in [1.82, 2.24) is 20.0 Å². The van der Waals surface area contributed by atoms with Crippen LogP contribution in [0.1, 0.15) is 76.7 Å². The first-order valence-electron chi connectivity index (χ1n) is 15.1. The number of fused-ring (bicyclic) bond motifs is 1. The van der Waals surface area contributed by atoms with E-state index in [0.29, 0.717) is 49.1 Å². The Hall–Kier alpha value is -4.23. The highest BCUT2D eigenvalue weighted by Gasteiger charge is 2.37. The van der Waals surface area contributed by atoms with Crippen LogP contribution in [0.5, 0.6) is 11.5 Å². The van der Waals surface area contributed by atoms with Gasteiger partial charge in [-0.15, -0.1) is 0 Å². The van der Waals surface area contributed by atoms with Crippen molar-refractivity contribution in [3.05, 3.63) is 58.9 Å². The van der Waals surface area contributed by atoms with Crippen molar-refractivity contribution in [2.24, 2.45) is 0 Å². The van der Waals surface area contributed by atoms with Gasteiger partial charge in [0, 0.05) is 43.3 Å². The van der Waals surface area contributed by atoms with Gasteiger partial charge in [0.25, 0.3) is 11.8 Å². The number of carbonyl (C=O) groups is 3. The van der Waals surface area contributed by atoms with Crippen LogP contribution in [0.4, 0.5) is 11.4 Å². The first-order chi connectivity index (χ1) is 21.5. The molecule has 0 radical (unpaired) electrons. The third kappa shape index (κ3) is 6.48. The number of nitrogen functional groups attached to an aromatic ring is 1. The molecule has 6 rings (SSSR count). The molecule has 1 aromatic carbocycles. The van der Waals surface area contributed by atoms with E-state index >= 15 is 0 Å². The quantitative estimate of drug-likeness (QED) is 0.325. The Morgan fingerprint density at radius 2 is 1.75 bits per heavy atom. The number of pyridine rings is 1. The summed E-state index contributed by atoms with van der Waals surface area (Å²) in [6.07, 6.45) is 9.85. The number of amides is 3. The second kappa shape index (κ2) is 13.6. The number of nitrogens with one attached hydrogen (secondary N) is 2. The Kier molecular flexibility index (Phi) is 9.22. The van der Waals surface area contributed by atoms with E-state index in [1.54, 1.807) is 42.7 Å². The first kappa shape index (κ1) is 29.8.